The minimum absolute atomic E-state index is 0.0408. The first-order valence-corrected chi connectivity index (χ1v) is 9.22. The molecular formula is C24H29FN+. The number of benzene rings is 2. The van der Waals surface area contributed by atoms with Crippen LogP contribution in [0.2, 0.25) is 0 Å². The maximum atomic E-state index is 15.4. The van der Waals surface area contributed by atoms with Gasteiger partial charge in [-0.25, -0.2) is 8.96 Å². The molecule has 0 N–H and O–H groups in total. The quantitative estimate of drug-likeness (QED) is 0.489. The topological polar surface area (TPSA) is 3.88 Å². The van der Waals surface area contributed by atoms with Crippen molar-refractivity contribution in [2.24, 2.45) is 7.05 Å². The number of halogens is 1. The van der Waals surface area contributed by atoms with Crippen LogP contribution in [0, 0.1) is 6.92 Å². The molecule has 0 fully saturated rings. The molecule has 136 valence electrons. The summed E-state index contributed by atoms with van der Waals surface area (Å²) < 4.78 is 17.5. The van der Waals surface area contributed by atoms with E-state index >= 15 is 4.39 Å². The van der Waals surface area contributed by atoms with Crippen LogP contribution in [0.4, 0.5) is 4.39 Å². The van der Waals surface area contributed by atoms with Gasteiger partial charge in [-0.15, -0.1) is 0 Å². The van der Waals surface area contributed by atoms with Gasteiger partial charge in [0.05, 0.1) is 5.56 Å². The number of hydrogen-bond donors (Lipinski definition) is 0. The lowest BCUT2D eigenvalue weighted by Crippen LogP contribution is -2.33. The van der Waals surface area contributed by atoms with E-state index in [0.717, 1.165) is 33.2 Å². The van der Waals surface area contributed by atoms with Crippen LogP contribution in [-0.4, -0.2) is 0 Å². The zero-order chi connectivity index (χ0) is 19.3. The predicted molar refractivity (Wildman–Crippen MR) is 108 cm³/mol. The number of alkyl halides is 1. The second-order valence-electron chi connectivity index (χ2n) is 8.80. The van der Waals surface area contributed by atoms with Crippen LogP contribution in [0.15, 0.2) is 48.7 Å². The first kappa shape index (κ1) is 18.6. The van der Waals surface area contributed by atoms with E-state index in [1.807, 2.05) is 25.2 Å². The Bertz CT molecular complexity index is 972. The number of aromatic nitrogens is 1. The minimum atomic E-state index is -1.44. The molecule has 0 unspecified atom stereocenters. The van der Waals surface area contributed by atoms with Gasteiger partial charge < -0.3 is 0 Å². The highest BCUT2D eigenvalue weighted by atomic mass is 19.1. The first-order chi connectivity index (χ1) is 12.0. The molecule has 2 aromatic carbocycles. The van der Waals surface area contributed by atoms with Crippen LogP contribution >= 0.6 is 0 Å². The van der Waals surface area contributed by atoms with Crippen molar-refractivity contribution < 1.29 is 8.96 Å². The third kappa shape index (κ3) is 3.25. The molecule has 2 heteroatoms. The molecule has 0 aliphatic rings. The average Bonchev–Trinajstić information content (AvgIpc) is 2.52. The van der Waals surface area contributed by atoms with Crippen molar-refractivity contribution >= 4 is 10.8 Å². The third-order valence-corrected chi connectivity index (χ3v) is 5.11. The van der Waals surface area contributed by atoms with Crippen molar-refractivity contribution in [2.75, 3.05) is 0 Å². The number of rotatable bonds is 2. The Kier molecular flexibility index (Phi) is 4.42. The smallest absolute Gasteiger partial charge is 0.213 e. The molecule has 3 aromatic rings. The minimum Gasteiger partial charge on any atom is -0.239 e. The van der Waals surface area contributed by atoms with Crippen LogP contribution in [0.5, 0.6) is 0 Å². The Balaban J connectivity index is 2.45. The lowest BCUT2D eigenvalue weighted by molar-refractivity contribution is -0.660. The summed E-state index contributed by atoms with van der Waals surface area (Å²) in [5, 5.41) is 2.07. The Morgan fingerprint density at radius 1 is 0.923 bits per heavy atom. The lowest BCUT2D eigenvalue weighted by atomic mass is 9.82. The van der Waals surface area contributed by atoms with Gasteiger partial charge in [-0.3, -0.25) is 0 Å². The van der Waals surface area contributed by atoms with Gasteiger partial charge in [-0.2, -0.15) is 0 Å². The zero-order valence-electron chi connectivity index (χ0n) is 16.9. The SMILES string of the molecule is Cc1cc2ccccc2c(C(C)(C)F)c1-c1cc(C(C)(C)C)cc[n+]1C. The van der Waals surface area contributed by atoms with E-state index in [1.165, 1.54) is 5.56 Å². The molecule has 0 amide bonds. The summed E-state index contributed by atoms with van der Waals surface area (Å²) >= 11 is 0. The molecule has 0 atom stereocenters. The Hall–Kier alpha value is -2.22. The summed E-state index contributed by atoms with van der Waals surface area (Å²) in [6.07, 6.45) is 2.08. The van der Waals surface area contributed by atoms with E-state index in [1.54, 1.807) is 13.8 Å². The number of hydrogen-bond acceptors (Lipinski definition) is 0. The molecule has 26 heavy (non-hydrogen) atoms. The molecule has 0 radical (unpaired) electrons. The Labute approximate surface area is 156 Å². The molecule has 0 aliphatic heterocycles. The predicted octanol–water partition coefficient (Wildman–Crippen LogP) is 6.14. The van der Waals surface area contributed by atoms with Gasteiger partial charge in [0.15, 0.2) is 6.20 Å². The van der Waals surface area contributed by atoms with Gasteiger partial charge in [0, 0.05) is 17.7 Å². The Morgan fingerprint density at radius 2 is 1.58 bits per heavy atom. The summed E-state index contributed by atoms with van der Waals surface area (Å²) in [6, 6.07) is 14.6. The maximum absolute atomic E-state index is 15.4. The molecule has 3 rings (SSSR count). The molecule has 0 aliphatic carbocycles. The van der Waals surface area contributed by atoms with Crippen molar-refractivity contribution in [3.63, 3.8) is 0 Å². The van der Waals surface area contributed by atoms with Crippen molar-refractivity contribution in [2.45, 2.75) is 52.6 Å². The normalized spacial score (nSPS) is 12.6. The molecule has 0 saturated heterocycles. The summed E-state index contributed by atoms with van der Waals surface area (Å²) in [4.78, 5) is 0. The van der Waals surface area contributed by atoms with E-state index < -0.39 is 5.67 Å². The third-order valence-electron chi connectivity index (χ3n) is 5.11. The highest BCUT2D eigenvalue weighted by Crippen LogP contribution is 2.41. The summed E-state index contributed by atoms with van der Waals surface area (Å²) in [7, 11) is 2.03. The summed E-state index contributed by atoms with van der Waals surface area (Å²) in [5.74, 6) is 0. The van der Waals surface area contributed by atoms with Crippen molar-refractivity contribution in [1.29, 1.82) is 0 Å². The molecule has 1 aromatic heterocycles. The first-order valence-electron chi connectivity index (χ1n) is 9.22. The number of fused-ring (bicyclic) bond motifs is 1. The largest absolute Gasteiger partial charge is 0.239 e. The number of aryl methyl sites for hydroxylation is 2. The van der Waals surface area contributed by atoms with E-state index in [2.05, 4.69) is 62.7 Å². The van der Waals surface area contributed by atoms with E-state index in [9.17, 15) is 0 Å². The van der Waals surface area contributed by atoms with Crippen LogP contribution in [-0.2, 0) is 18.1 Å². The molecular weight excluding hydrogens is 321 g/mol. The van der Waals surface area contributed by atoms with Crippen LogP contribution in [0.1, 0.15) is 51.3 Å². The summed E-state index contributed by atoms with van der Waals surface area (Å²) in [6.45, 7) is 12.0. The second kappa shape index (κ2) is 6.19. The van der Waals surface area contributed by atoms with Crippen LogP contribution in [0.3, 0.4) is 0 Å². The zero-order valence-corrected chi connectivity index (χ0v) is 16.9. The fourth-order valence-electron chi connectivity index (χ4n) is 3.72. The van der Waals surface area contributed by atoms with Gasteiger partial charge in [0.2, 0.25) is 5.69 Å². The summed E-state index contributed by atoms with van der Waals surface area (Å²) in [5.41, 5.74) is 3.79. The van der Waals surface area contributed by atoms with E-state index in [4.69, 9.17) is 0 Å². The number of nitrogens with zero attached hydrogens (tertiary/aromatic N) is 1. The van der Waals surface area contributed by atoms with Crippen molar-refractivity contribution in [3.05, 3.63) is 65.4 Å². The van der Waals surface area contributed by atoms with E-state index in [0.29, 0.717) is 0 Å². The van der Waals surface area contributed by atoms with Crippen LogP contribution in [0.25, 0.3) is 22.0 Å². The molecule has 0 saturated carbocycles. The van der Waals surface area contributed by atoms with Gasteiger partial charge in [-0.05, 0) is 48.1 Å². The molecule has 1 heterocycles. The molecule has 0 spiro atoms. The van der Waals surface area contributed by atoms with Gasteiger partial charge in [0.1, 0.15) is 12.7 Å². The van der Waals surface area contributed by atoms with Crippen LogP contribution < -0.4 is 4.57 Å². The van der Waals surface area contributed by atoms with Gasteiger partial charge >= 0.3 is 0 Å². The fourth-order valence-corrected chi connectivity index (χ4v) is 3.72. The standard InChI is InChI=1S/C24H29FN/c1-16-14-17-10-8-9-11-19(17)22(24(5,6)25)21(16)20-15-18(23(2,3)4)12-13-26(20)7/h8-15H,1-7H3/q+1. The van der Waals surface area contributed by atoms with E-state index in [-0.39, 0.29) is 5.41 Å². The average molecular weight is 351 g/mol. The van der Waals surface area contributed by atoms with Gasteiger partial charge in [-0.1, -0.05) is 51.1 Å². The maximum Gasteiger partial charge on any atom is 0.213 e. The molecule has 1 nitrogen and oxygen atoms in total. The fraction of sp³-hybridized carbons (Fsp3) is 0.375. The highest BCUT2D eigenvalue weighted by Gasteiger charge is 2.31. The lowest BCUT2D eigenvalue weighted by Gasteiger charge is -2.24. The van der Waals surface area contributed by atoms with Gasteiger partial charge in [0.25, 0.3) is 0 Å². The highest BCUT2D eigenvalue weighted by molar-refractivity contribution is 5.93. The molecule has 0 bridgehead atoms. The number of pyridine rings is 1. The monoisotopic (exact) mass is 350 g/mol. The van der Waals surface area contributed by atoms with Crippen molar-refractivity contribution in [3.8, 4) is 11.3 Å². The Morgan fingerprint density at radius 3 is 2.19 bits per heavy atom. The van der Waals surface area contributed by atoms with Crippen molar-refractivity contribution in [1.82, 2.24) is 0 Å². The second-order valence-corrected chi connectivity index (χ2v) is 8.80.